The third-order valence-corrected chi connectivity index (χ3v) is 4.89. The van der Waals surface area contributed by atoms with Crippen molar-refractivity contribution in [1.29, 1.82) is 0 Å². The van der Waals surface area contributed by atoms with E-state index in [0.29, 0.717) is 36.5 Å². The largest absolute Gasteiger partial charge is 0.391 e. The summed E-state index contributed by atoms with van der Waals surface area (Å²) in [7, 11) is 0. The summed E-state index contributed by atoms with van der Waals surface area (Å²) in [6.07, 6.45) is 1.17. The average molecular weight is 325 g/mol. The Kier molecular flexibility index (Phi) is 5.52. The molecule has 2 N–H and O–H groups in total. The Labute approximate surface area is 134 Å². The normalized spacial score (nSPS) is 21.7. The molecule has 0 unspecified atom stereocenters. The van der Waals surface area contributed by atoms with Crippen LogP contribution in [0.3, 0.4) is 0 Å². The molecule has 1 fully saturated rings. The Bertz CT molecular complexity index is 558. The lowest BCUT2D eigenvalue weighted by Gasteiger charge is -2.36. The standard InChI is InChI=1S/C15H23N3O3S/c1-4-5-13(20)18-7-6-12(19)11(8-18)17-15(21)14-9(2)16-10(3)22-14/h11-12,19H,4-8H2,1-3H3,(H,17,21)/t11-,12+/m1/s1. The smallest absolute Gasteiger partial charge is 0.263 e. The molecule has 0 spiro atoms. The van der Waals surface area contributed by atoms with Gasteiger partial charge in [-0.2, -0.15) is 0 Å². The SMILES string of the molecule is CCCC(=O)N1CC[C@H](O)[C@H](NC(=O)c2sc(C)nc2C)C1. The van der Waals surface area contributed by atoms with Crippen molar-refractivity contribution >= 4 is 23.2 Å². The molecule has 2 heterocycles. The molecule has 1 aliphatic heterocycles. The van der Waals surface area contributed by atoms with E-state index in [1.54, 1.807) is 11.8 Å². The van der Waals surface area contributed by atoms with Gasteiger partial charge in [-0.1, -0.05) is 6.92 Å². The first-order chi connectivity index (χ1) is 10.4. The fourth-order valence-corrected chi connectivity index (χ4v) is 3.48. The molecule has 7 heteroatoms. The summed E-state index contributed by atoms with van der Waals surface area (Å²) < 4.78 is 0. The minimum Gasteiger partial charge on any atom is -0.391 e. The summed E-state index contributed by atoms with van der Waals surface area (Å²) in [5, 5.41) is 13.8. The number of thiazole rings is 1. The number of hydrogen-bond donors (Lipinski definition) is 2. The zero-order chi connectivity index (χ0) is 16.3. The zero-order valence-corrected chi connectivity index (χ0v) is 14.1. The van der Waals surface area contributed by atoms with Crippen molar-refractivity contribution in [3.05, 3.63) is 15.6 Å². The fraction of sp³-hybridized carbons (Fsp3) is 0.667. The second-order valence-electron chi connectivity index (χ2n) is 5.67. The maximum Gasteiger partial charge on any atom is 0.263 e. The molecule has 0 radical (unpaired) electrons. The molecule has 2 amide bonds. The van der Waals surface area contributed by atoms with Gasteiger partial charge in [0.1, 0.15) is 4.88 Å². The van der Waals surface area contributed by atoms with E-state index in [0.717, 1.165) is 11.4 Å². The highest BCUT2D eigenvalue weighted by Gasteiger charge is 2.31. The molecule has 122 valence electrons. The summed E-state index contributed by atoms with van der Waals surface area (Å²) in [6.45, 7) is 6.53. The number of nitrogens with one attached hydrogen (secondary N) is 1. The number of rotatable bonds is 4. The quantitative estimate of drug-likeness (QED) is 0.873. The predicted octanol–water partition coefficient (Wildman–Crippen LogP) is 1.25. The summed E-state index contributed by atoms with van der Waals surface area (Å²) in [6, 6.07) is -0.427. The number of likely N-dealkylation sites (tertiary alicyclic amines) is 1. The van der Waals surface area contributed by atoms with Crippen LogP contribution in [0.25, 0.3) is 0 Å². The Hall–Kier alpha value is -1.47. The van der Waals surface area contributed by atoms with E-state index in [1.807, 2.05) is 13.8 Å². The van der Waals surface area contributed by atoms with Crippen LogP contribution >= 0.6 is 11.3 Å². The van der Waals surface area contributed by atoms with E-state index in [2.05, 4.69) is 10.3 Å². The molecule has 1 aromatic heterocycles. The molecule has 0 bridgehead atoms. The van der Waals surface area contributed by atoms with Gasteiger partial charge in [-0.3, -0.25) is 9.59 Å². The summed E-state index contributed by atoms with van der Waals surface area (Å²) in [5.74, 6) is -0.143. The molecule has 22 heavy (non-hydrogen) atoms. The van der Waals surface area contributed by atoms with E-state index in [1.165, 1.54) is 11.3 Å². The van der Waals surface area contributed by atoms with Crippen molar-refractivity contribution < 1.29 is 14.7 Å². The topological polar surface area (TPSA) is 82.5 Å². The highest BCUT2D eigenvalue weighted by molar-refractivity contribution is 7.13. The van der Waals surface area contributed by atoms with Gasteiger partial charge in [0.2, 0.25) is 5.91 Å². The van der Waals surface area contributed by atoms with Crippen LogP contribution in [-0.4, -0.2) is 52.0 Å². The molecule has 1 saturated heterocycles. The number of aliphatic hydroxyl groups excluding tert-OH is 1. The third kappa shape index (κ3) is 3.84. The number of carbonyl (C=O) groups is 2. The summed E-state index contributed by atoms with van der Waals surface area (Å²) in [4.78, 5) is 30.9. The minimum atomic E-state index is -0.621. The molecule has 1 aromatic rings. The van der Waals surface area contributed by atoms with E-state index in [-0.39, 0.29) is 11.8 Å². The van der Waals surface area contributed by atoms with E-state index in [9.17, 15) is 14.7 Å². The monoisotopic (exact) mass is 325 g/mol. The summed E-state index contributed by atoms with van der Waals surface area (Å²) >= 11 is 1.34. The molecular formula is C15H23N3O3S. The van der Waals surface area contributed by atoms with E-state index >= 15 is 0 Å². The number of aliphatic hydroxyl groups is 1. The second kappa shape index (κ2) is 7.19. The predicted molar refractivity (Wildman–Crippen MR) is 85.0 cm³/mol. The number of carbonyl (C=O) groups excluding carboxylic acids is 2. The Morgan fingerprint density at radius 3 is 2.77 bits per heavy atom. The Morgan fingerprint density at radius 1 is 1.45 bits per heavy atom. The fourth-order valence-electron chi connectivity index (χ4n) is 2.66. The number of nitrogens with zero attached hydrogens (tertiary/aromatic N) is 2. The number of piperidine rings is 1. The first-order valence-corrected chi connectivity index (χ1v) is 8.44. The van der Waals surface area contributed by atoms with Crippen LogP contribution in [0.2, 0.25) is 0 Å². The van der Waals surface area contributed by atoms with Crippen LogP contribution in [-0.2, 0) is 4.79 Å². The van der Waals surface area contributed by atoms with Crippen LogP contribution < -0.4 is 5.32 Å². The minimum absolute atomic E-state index is 0.0819. The van der Waals surface area contributed by atoms with Crippen LogP contribution in [0.5, 0.6) is 0 Å². The third-order valence-electron chi connectivity index (χ3n) is 3.82. The van der Waals surface area contributed by atoms with Crippen LogP contribution in [0.1, 0.15) is 46.6 Å². The van der Waals surface area contributed by atoms with Crippen LogP contribution in [0.4, 0.5) is 0 Å². The molecular weight excluding hydrogens is 302 g/mol. The highest BCUT2D eigenvalue weighted by atomic mass is 32.1. The number of aryl methyl sites for hydroxylation is 2. The lowest BCUT2D eigenvalue weighted by Crippen LogP contribution is -2.56. The lowest BCUT2D eigenvalue weighted by molar-refractivity contribution is -0.134. The molecule has 1 aliphatic rings. The molecule has 0 aliphatic carbocycles. The van der Waals surface area contributed by atoms with Gasteiger partial charge in [-0.05, 0) is 26.7 Å². The highest BCUT2D eigenvalue weighted by Crippen LogP contribution is 2.18. The maximum absolute atomic E-state index is 12.3. The van der Waals surface area contributed by atoms with Crippen molar-refractivity contribution in [2.75, 3.05) is 13.1 Å². The van der Waals surface area contributed by atoms with Gasteiger partial charge in [0.15, 0.2) is 0 Å². The molecule has 2 atom stereocenters. The first-order valence-electron chi connectivity index (χ1n) is 7.63. The van der Waals surface area contributed by atoms with Crippen molar-refractivity contribution in [2.45, 2.75) is 52.2 Å². The number of hydrogen-bond acceptors (Lipinski definition) is 5. The molecule has 2 rings (SSSR count). The molecule has 0 saturated carbocycles. The van der Waals surface area contributed by atoms with Crippen LogP contribution in [0, 0.1) is 13.8 Å². The number of aromatic nitrogens is 1. The number of amides is 2. The lowest BCUT2D eigenvalue weighted by atomic mass is 10.0. The van der Waals surface area contributed by atoms with Gasteiger partial charge < -0.3 is 15.3 Å². The van der Waals surface area contributed by atoms with Gasteiger partial charge in [0.05, 0.1) is 22.8 Å². The molecule has 6 nitrogen and oxygen atoms in total. The first kappa shape index (κ1) is 16.9. The average Bonchev–Trinajstić information content (AvgIpc) is 2.80. The van der Waals surface area contributed by atoms with Gasteiger partial charge in [0, 0.05) is 19.5 Å². The Morgan fingerprint density at radius 2 is 2.18 bits per heavy atom. The second-order valence-corrected chi connectivity index (χ2v) is 6.88. The Balaban J connectivity index is 2.02. The van der Waals surface area contributed by atoms with Gasteiger partial charge >= 0.3 is 0 Å². The maximum atomic E-state index is 12.3. The van der Waals surface area contributed by atoms with E-state index in [4.69, 9.17) is 0 Å². The summed E-state index contributed by atoms with van der Waals surface area (Å²) in [5.41, 5.74) is 0.698. The van der Waals surface area contributed by atoms with E-state index < -0.39 is 12.1 Å². The van der Waals surface area contributed by atoms with Gasteiger partial charge in [-0.25, -0.2) is 4.98 Å². The van der Waals surface area contributed by atoms with Crippen molar-refractivity contribution in [2.24, 2.45) is 0 Å². The van der Waals surface area contributed by atoms with Crippen molar-refractivity contribution in [1.82, 2.24) is 15.2 Å². The van der Waals surface area contributed by atoms with Gasteiger partial charge in [0.25, 0.3) is 5.91 Å². The van der Waals surface area contributed by atoms with Crippen molar-refractivity contribution in [3.8, 4) is 0 Å². The van der Waals surface area contributed by atoms with Crippen molar-refractivity contribution in [3.63, 3.8) is 0 Å². The van der Waals surface area contributed by atoms with Crippen LogP contribution in [0.15, 0.2) is 0 Å². The van der Waals surface area contributed by atoms with Gasteiger partial charge in [-0.15, -0.1) is 11.3 Å². The zero-order valence-electron chi connectivity index (χ0n) is 13.3. The molecule has 0 aromatic carbocycles.